The summed E-state index contributed by atoms with van der Waals surface area (Å²) in [6.07, 6.45) is 5.44. The molecule has 1 aromatic heterocycles. The Balaban J connectivity index is 1.73. The van der Waals surface area contributed by atoms with Crippen molar-refractivity contribution in [3.63, 3.8) is 0 Å². The van der Waals surface area contributed by atoms with Crippen molar-refractivity contribution in [3.8, 4) is 0 Å². The molecule has 1 aromatic rings. The van der Waals surface area contributed by atoms with Crippen LogP contribution in [0.3, 0.4) is 0 Å². The second-order valence-corrected chi connectivity index (χ2v) is 6.22. The van der Waals surface area contributed by atoms with E-state index in [1.54, 1.807) is 0 Å². The topological polar surface area (TPSA) is 97.4 Å². The minimum atomic E-state index is -0.712. The van der Waals surface area contributed by atoms with Crippen LogP contribution >= 0.6 is 11.6 Å². The molecule has 8 heteroatoms. The number of esters is 1. The molecule has 130 valence electrons. The molecule has 0 aliphatic heterocycles. The summed E-state index contributed by atoms with van der Waals surface area (Å²) in [6.45, 7) is 1.53. The number of imide groups is 1. The van der Waals surface area contributed by atoms with Gasteiger partial charge in [-0.2, -0.15) is 0 Å². The first-order valence-corrected chi connectivity index (χ1v) is 8.22. The van der Waals surface area contributed by atoms with Crippen LogP contribution < -0.4 is 10.6 Å². The lowest BCUT2D eigenvalue weighted by Gasteiger charge is -2.29. The summed E-state index contributed by atoms with van der Waals surface area (Å²) in [5.74, 6) is -1.02. The van der Waals surface area contributed by atoms with E-state index in [0.29, 0.717) is 5.92 Å². The van der Waals surface area contributed by atoms with E-state index in [9.17, 15) is 14.4 Å². The molecule has 2 N–H and O–H groups in total. The first-order chi connectivity index (χ1) is 11.5. The average Bonchev–Trinajstić information content (AvgIpc) is 2.55. The van der Waals surface area contributed by atoms with E-state index in [4.69, 9.17) is 16.3 Å². The fourth-order valence-electron chi connectivity index (χ4n) is 2.61. The number of urea groups is 1. The van der Waals surface area contributed by atoms with Gasteiger partial charge in [0.05, 0.1) is 5.56 Å². The molecule has 1 fully saturated rings. The minimum absolute atomic E-state index is 0.0641. The van der Waals surface area contributed by atoms with Gasteiger partial charge in [-0.15, -0.1) is 0 Å². The van der Waals surface area contributed by atoms with E-state index < -0.39 is 24.5 Å². The van der Waals surface area contributed by atoms with Crippen LogP contribution in [-0.2, 0) is 9.53 Å². The average molecular weight is 354 g/mol. The van der Waals surface area contributed by atoms with Crippen LogP contribution in [0.25, 0.3) is 0 Å². The number of aromatic nitrogens is 1. The normalized spacial score (nSPS) is 20.1. The largest absolute Gasteiger partial charge is 0.452 e. The van der Waals surface area contributed by atoms with Gasteiger partial charge in [-0.1, -0.05) is 31.4 Å². The highest BCUT2D eigenvalue weighted by Crippen LogP contribution is 2.23. The number of nitrogens with zero attached hydrogens (tertiary/aromatic N) is 1. The van der Waals surface area contributed by atoms with Crippen molar-refractivity contribution in [2.75, 3.05) is 6.61 Å². The van der Waals surface area contributed by atoms with Gasteiger partial charge >= 0.3 is 12.0 Å². The maximum absolute atomic E-state index is 11.8. The van der Waals surface area contributed by atoms with Gasteiger partial charge in [0.15, 0.2) is 6.61 Å². The Labute approximate surface area is 145 Å². The van der Waals surface area contributed by atoms with Gasteiger partial charge in [0.1, 0.15) is 5.15 Å². The Morgan fingerprint density at radius 3 is 2.71 bits per heavy atom. The van der Waals surface area contributed by atoms with Crippen LogP contribution in [0.5, 0.6) is 0 Å². The van der Waals surface area contributed by atoms with Gasteiger partial charge < -0.3 is 10.1 Å². The SMILES string of the molecule is C[C@H]1CCCC[C@H]1NC(=O)NC(=O)COC(=O)c1ccc(Cl)nc1. The number of halogens is 1. The molecule has 1 saturated carbocycles. The first kappa shape index (κ1) is 18.2. The van der Waals surface area contributed by atoms with Crippen molar-refractivity contribution in [2.24, 2.45) is 5.92 Å². The number of pyridine rings is 1. The Hall–Kier alpha value is -2.15. The molecule has 2 rings (SSSR count). The predicted molar refractivity (Wildman–Crippen MR) is 87.6 cm³/mol. The summed E-state index contributed by atoms with van der Waals surface area (Å²) < 4.78 is 4.83. The highest BCUT2D eigenvalue weighted by atomic mass is 35.5. The van der Waals surface area contributed by atoms with E-state index in [1.807, 2.05) is 0 Å². The maximum Gasteiger partial charge on any atom is 0.340 e. The van der Waals surface area contributed by atoms with Gasteiger partial charge in [0.2, 0.25) is 0 Å². The first-order valence-electron chi connectivity index (χ1n) is 7.84. The number of rotatable bonds is 4. The van der Waals surface area contributed by atoms with Crippen LogP contribution in [0.1, 0.15) is 43.0 Å². The van der Waals surface area contributed by atoms with Crippen molar-refractivity contribution < 1.29 is 19.1 Å². The van der Waals surface area contributed by atoms with Crippen LogP contribution in [-0.4, -0.2) is 35.5 Å². The lowest BCUT2D eigenvalue weighted by molar-refractivity contribution is -0.123. The zero-order valence-electron chi connectivity index (χ0n) is 13.4. The van der Waals surface area contributed by atoms with Gasteiger partial charge in [0.25, 0.3) is 5.91 Å². The van der Waals surface area contributed by atoms with E-state index in [1.165, 1.54) is 18.3 Å². The molecule has 0 unspecified atom stereocenters. The summed E-state index contributed by atoms with van der Waals surface area (Å²) in [5, 5.41) is 5.20. The second-order valence-electron chi connectivity index (χ2n) is 5.84. The van der Waals surface area contributed by atoms with E-state index >= 15 is 0 Å². The van der Waals surface area contributed by atoms with Crippen molar-refractivity contribution in [2.45, 2.75) is 38.6 Å². The lowest BCUT2D eigenvalue weighted by atomic mass is 9.86. The van der Waals surface area contributed by atoms with Gasteiger partial charge in [0, 0.05) is 12.2 Å². The fourth-order valence-corrected chi connectivity index (χ4v) is 2.72. The summed E-state index contributed by atoms with van der Waals surface area (Å²) in [6, 6.07) is 2.38. The molecule has 0 aromatic carbocycles. The number of carbonyl (C=O) groups is 3. The van der Waals surface area contributed by atoms with Gasteiger partial charge in [-0.05, 0) is 30.9 Å². The molecule has 3 amide bonds. The third kappa shape index (κ3) is 5.49. The van der Waals surface area contributed by atoms with E-state index in [2.05, 4.69) is 22.5 Å². The molecule has 24 heavy (non-hydrogen) atoms. The minimum Gasteiger partial charge on any atom is -0.452 e. The smallest absolute Gasteiger partial charge is 0.340 e. The van der Waals surface area contributed by atoms with Crippen molar-refractivity contribution >= 4 is 29.5 Å². The number of carbonyl (C=O) groups excluding carboxylic acids is 3. The van der Waals surface area contributed by atoms with Crippen LogP contribution in [0.2, 0.25) is 5.15 Å². The Bertz CT molecular complexity index is 606. The van der Waals surface area contributed by atoms with Crippen LogP contribution in [0.15, 0.2) is 18.3 Å². The molecular weight excluding hydrogens is 334 g/mol. The molecular formula is C16H20ClN3O4. The summed E-state index contributed by atoms with van der Waals surface area (Å²) in [4.78, 5) is 39.0. The molecule has 0 saturated heterocycles. The lowest BCUT2D eigenvalue weighted by Crippen LogP contribution is -2.48. The number of amides is 3. The van der Waals surface area contributed by atoms with Gasteiger partial charge in [-0.25, -0.2) is 14.6 Å². The quantitative estimate of drug-likeness (QED) is 0.639. The van der Waals surface area contributed by atoms with Crippen molar-refractivity contribution in [1.29, 1.82) is 0 Å². The Morgan fingerprint density at radius 1 is 1.29 bits per heavy atom. The second kappa shape index (κ2) is 8.63. The third-order valence-corrected chi connectivity index (χ3v) is 4.20. The molecule has 2 atom stereocenters. The number of hydrogen-bond acceptors (Lipinski definition) is 5. The molecule has 7 nitrogen and oxygen atoms in total. The standard InChI is InChI=1S/C16H20ClN3O4/c1-10-4-2-3-5-12(10)19-16(23)20-14(21)9-24-15(22)11-6-7-13(17)18-8-11/h6-8,10,12H,2-5,9H2,1H3,(H2,19,20,21,23)/t10-,12+/m0/s1. The highest BCUT2D eigenvalue weighted by Gasteiger charge is 2.23. The Morgan fingerprint density at radius 2 is 2.04 bits per heavy atom. The zero-order valence-corrected chi connectivity index (χ0v) is 14.1. The summed E-state index contributed by atoms with van der Waals surface area (Å²) >= 11 is 5.62. The summed E-state index contributed by atoms with van der Waals surface area (Å²) in [5.41, 5.74) is 0.174. The molecule has 1 aliphatic rings. The van der Waals surface area contributed by atoms with E-state index in [0.717, 1.165) is 25.7 Å². The molecule has 0 spiro atoms. The van der Waals surface area contributed by atoms with Crippen molar-refractivity contribution in [1.82, 2.24) is 15.6 Å². The van der Waals surface area contributed by atoms with Crippen LogP contribution in [0.4, 0.5) is 4.79 Å². The van der Waals surface area contributed by atoms with E-state index in [-0.39, 0.29) is 16.8 Å². The number of ether oxygens (including phenoxy) is 1. The number of nitrogens with one attached hydrogen (secondary N) is 2. The molecule has 1 aliphatic carbocycles. The zero-order chi connectivity index (χ0) is 17.5. The fraction of sp³-hybridized carbons (Fsp3) is 0.500. The number of hydrogen-bond donors (Lipinski definition) is 2. The van der Waals surface area contributed by atoms with Crippen molar-refractivity contribution in [3.05, 3.63) is 29.0 Å². The predicted octanol–water partition coefficient (Wildman–Crippen LogP) is 2.30. The molecule has 0 radical (unpaired) electrons. The molecule has 1 heterocycles. The third-order valence-electron chi connectivity index (χ3n) is 3.98. The Kier molecular flexibility index (Phi) is 6.54. The summed E-state index contributed by atoms with van der Waals surface area (Å²) in [7, 11) is 0. The highest BCUT2D eigenvalue weighted by molar-refractivity contribution is 6.29. The van der Waals surface area contributed by atoms with Crippen LogP contribution in [0, 0.1) is 5.92 Å². The molecule has 0 bridgehead atoms. The maximum atomic E-state index is 11.8. The van der Waals surface area contributed by atoms with Gasteiger partial charge in [-0.3, -0.25) is 10.1 Å². The monoisotopic (exact) mass is 353 g/mol.